The summed E-state index contributed by atoms with van der Waals surface area (Å²) in [5.74, 6) is -0.811. The molecule has 0 aliphatic rings. The first-order valence-corrected chi connectivity index (χ1v) is 11.4. The van der Waals surface area contributed by atoms with Crippen LogP contribution in [0.2, 0.25) is 5.02 Å². The molecule has 0 fully saturated rings. The number of nitrogens with one attached hydrogen (secondary N) is 1. The number of rotatable bonds is 6. The molecule has 0 saturated heterocycles. The number of aromatic nitrogens is 2. The highest BCUT2D eigenvalue weighted by Crippen LogP contribution is 2.25. The zero-order chi connectivity index (χ0) is 23.5. The number of thioether (sulfide) groups is 1. The number of halogens is 2. The molecule has 6 nitrogen and oxygen atoms in total. The van der Waals surface area contributed by atoms with Crippen LogP contribution >= 0.6 is 23.4 Å². The van der Waals surface area contributed by atoms with E-state index in [0.29, 0.717) is 27.4 Å². The van der Waals surface area contributed by atoms with E-state index in [1.807, 2.05) is 43.3 Å². The smallest absolute Gasteiger partial charge is 0.266 e. The highest BCUT2D eigenvalue weighted by molar-refractivity contribution is 7.99. The molecule has 4 aromatic rings. The monoisotopic (exact) mass is 482 g/mol. The number of hydrogen-bond donors (Lipinski definition) is 1. The minimum absolute atomic E-state index is 0.0230. The number of carbonyl (C=O) groups excluding carboxylic acids is 1. The summed E-state index contributed by atoms with van der Waals surface area (Å²) in [4.78, 5) is 32.4. The molecule has 0 aliphatic carbocycles. The van der Waals surface area contributed by atoms with E-state index in [9.17, 15) is 14.0 Å². The standard InChI is InChI=1S/C24H20ClFN4O2S/c1-29(2)16-9-7-15(8-10-16)27-22(31)14-33-24-28-21-6-4-3-5-18(21)23(32)30(24)17-11-12-20(26)19(25)13-17/h3-13H,14H2,1-2H3,(H,27,31). The van der Waals surface area contributed by atoms with E-state index < -0.39 is 5.82 Å². The minimum atomic E-state index is -0.587. The average Bonchev–Trinajstić information content (AvgIpc) is 2.80. The molecule has 1 N–H and O–H groups in total. The summed E-state index contributed by atoms with van der Waals surface area (Å²) in [6.45, 7) is 0. The van der Waals surface area contributed by atoms with Crippen molar-refractivity contribution in [2.75, 3.05) is 30.1 Å². The number of carbonyl (C=O) groups is 1. The van der Waals surface area contributed by atoms with Gasteiger partial charge in [-0.05, 0) is 54.6 Å². The molecule has 9 heteroatoms. The van der Waals surface area contributed by atoms with Crippen LogP contribution in [-0.4, -0.2) is 35.3 Å². The molecular formula is C24H20ClFN4O2S. The first kappa shape index (κ1) is 22.8. The topological polar surface area (TPSA) is 67.2 Å². The molecule has 0 radical (unpaired) electrons. The van der Waals surface area contributed by atoms with E-state index in [2.05, 4.69) is 10.3 Å². The fourth-order valence-corrected chi connectivity index (χ4v) is 4.22. The molecule has 168 valence electrons. The molecule has 0 aliphatic heterocycles. The fourth-order valence-electron chi connectivity index (χ4n) is 3.23. The zero-order valence-corrected chi connectivity index (χ0v) is 19.5. The largest absolute Gasteiger partial charge is 0.378 e. The average molecular weight is 483 g/mol. The Kier molecular flexibility index (Phi) is 6.67. The number of amides is 1. The third kappa shape index (κ3) is 5.02. The van der Waals surface area contributed by atoms with Gasteiger partial charge in [0.2, 0.25) is 5.91 Å². The third-order valence-electron chi connectivity index (χ3n) is 4.91. The quantitative estimate of drug-likeness (QED) is 0.310. The van der Waals surface area contributed by atoms with E-state index in [4.69, 9.17) is 11.6 Å². The van der Waals surface area contributed by atoms with Crippen LogP contribution in [0.1, 0.15) is 0 Å². The van der Waals surface area contributed by atoms with Crippen molar-refractivity contribution in [1.82, 2.24) is 9.55 Å². The van der Waals surface area contributed by atoms with Gasteiger partial charge in [0, 0.05) is 25.5 Å². The Morgan fingerprint density at radius 3 is 2.55 bits per heavy atom. The molecule has 0 atom stereocenters. The van der Waals surface area contributed by atoms with Crippen molar-refractivity contribution >= 4 is 51.5 Å². The summed E-state index contributed by atoms with van der Waals surface area (Å²) in [5.41, 5.74) is 2.23. The highest BCUT2D eigenvalue weighted by atomic mass is 35.5. The molecule has 1 amide bonds. The van der Waals surface area contributed by atoms with Crippen LogP contribution < -0.4 is 15.8 Å². The van der Waals surface area contributed by atoms with Gasteiger partial charge in [-0.1, -0.05) is 35.5 Å². The second kappa shape index (κ2) is 9.64. The lowest BCUT2D eigenvalue weighted by atomic mass is 10.2. The lowest BCUT2D eigenvalue weighted by Gasteiger charge is -2.14. The van der Waals surface area contributed by atoms with Gasteiger partial charge in [0.05, 0.1) is 27.4 Å². The Balaban J connectivity index is 1.63. The van der Waals surface area contributed by atoms with E-state index in [1.165, 1.54) is 22.8 Å². The number of anilines is 2. The maximum atomic E-state index is 13.7. The van der Waals surface area contributed by atoms with Crippen molar-refractivity contribution in [3.8, 4) is 5.69 Å². The Morgan fingerprint density at radius 1 is 1.12 bits per heavy atom. The number of hydrogen-bond acceptors (Lipinski definition) is 5. The number of fused-ring (bicyclic) bond motifs is 1. The summed E-state index contributed by atoms with van der Waals surface area (Å²) in [7, 11) is 3.88. The zero-order valence-electron chi connectivity index (χ0n) is 17.9. The van der Waals surface area contributed by atoms with Crippen molar-refractivity contribution < 1.29 is 9.18 Å². The molecule has 1 heterocycles. The molecule has 0 saturated carbocycles. The third-order valence-corrected chi connectivity index (χ3v) is 6.13. The Labute approximate surface area is 199 Å². The van der Waals surface area contributed by atoms with E-state index in [-0.39, 0.29) is 22.2 Å². The first-order chi connectivity index (χ1) is 15.8. The maximum absolute atomic E-state index is 13.7. The molecule has 0 spiro atoms. The predicted molar refractivity (Wildman–Crippen MR) is 132 cm³/mol. The second-order valence-electron chi connectivity index (χ2n) is 7.43. The number of nitrogens with zero attached hydrogens (tertiary/aromatic N) is 3. The fraction of sp³-hybridized carbons (Fsp3) is 0.125. The SMILES string of the molecule is CN(C)c1ccc(NC(=O)CSc2nc3ccccc3c(=O)n2-c2ccc(F)c(Cl)c2)cc1. The number of benzene rings is 3. The van der Waals surface area contributed by atoms with Gasteiger partial charge in [-0.2, -0.15) is 0 Å². The van der Waals surface area contributed by atoms with Crippen molar-refractivity contribution in [3.05, 3.63) is 87.9 Å². The summed E-state index contributed by atoms with van der Waals surface area (Å²) < 4.78 is 15.0. The van der Waals surface area contributed by atoms with Crippen LogP contribution in [0.4, 0.5) is 15.8 Å². The lowest BCUT2D eigenvalue weighted by Crippen LogP contribution is -2.23. The van der Waals surface area contributed by atoms with Gasteiger partial charge in [0.25, 0.3) is 5.56 Å². The van der Waals surface area contributed by atoms with Gasteiger partial charge in [-0.3, -0.25) is 14.2 Å². The van der Waals surface area contributed by atoms with E-state index in [1.54, 1.807) is 24.3 Å². The van der Waals surface area contributed by atoms with Crippen LogP contribution in [0, 0.1) is 5.82 Å². The van der Waals surface area contributed by atoms with Gasteiger partial charge in [-0.25, -0.2) is 9.37 Å². The number of para-hydroxylation sites is 1. The second-order valence-corrected chi connectivity index (χ2v) is 8.78. The summed E-state index contributed by atoms with van der Waals surface area (Å²) >= 11 is 7.06. The molecule has 0 bridgehead atoms. The predicted octanol–water partition coefficient (Wildman–Crippen LogP) is 4.98. The van der Waals surface area contributed by atoms with E-state index >= 15 is 0 Å². The Bertz CT molecular complexity index is 1390. The van der Waals surface area contributed by atoms with Crippen molar-refractivity contribution in [3.63, 3.8) is 0 Å². The first-order valence-electron chi connectivity index (χ1n) is 10.0. The molecule has 3 aromatic carbocycles. The Morgan fingerprint density at radius 2 is 1.85 bits per heavy atom. The van der Waals surface area contributed by atoms with Gasteiger partial charge in [-0.15, -0.1) is 0 Å². The molecule has 33 heavy (non-hydrogen) atoms. The van der Waals surface area contributed by atoms with Crippen LogP contribution in [0.3, 0.4) is 0 Å². The van der Waals surface area contributed by atoms with Crippen LogP contribution in [0.15, 0.2) is 76.7 Å². The molecular weight excluding hydrogens is 463 g/mol. The normalized spacial score (nSPS) is 10.9. The van der Waals surface area contributed by atoms with Gasteiger partial charge in [0.1, 0.15) is 5.82 Å². The van der Waals surface area contributed by atoms with Gasteiger partial charge in [0.15, 0.2) is 5.16 Å². The minimum Gasteiger partial charge on any atom is -0.378 e. The summed E-state index contributed by atoms with van der Waals surface area (Å²) in [5, 5.41) is 3.45. The lowest BCUT2D eigenvalue weighted by molar-refractivity contribution is -0.113. The van der Waals surface area contributed by atoms with Crippen LogP contribution in [0.25, 0.3) is 16.6 Å². The molecule has 1 aromatic heterocycles. The Hall–Kier alpha value is -3.36. The van der Waals surface area contributed by atoms with Gasteiger partial charge >= 0.3 is 0 Å². The molecule has 0 unspecified atom stereocenters. The van der Waals surface area contributed by atoms with Crippen molar-refractivity contribution in [1.29, 1.82) is 0 Å². The highest BCUT2D eigenvalue weighted by Gasteiger charge is 2.16. The van der Waals surface area contributed by atoms with E-state index in [0.717, 1.165) is 17.4 Å². The van der Waals surface area contributed by atoms with Crippen LogP contribution in [-0.2, 0) is 4.79 Å². The van der Waals surface area contributed by atoms with Gasteiger partial charge < -0.3 is 10.2 Å². The maximum Gasteiger partial charge on any atom is 0.266 e. The summed E-state index contributed by atoms with van der Waals surface area (Å²) in [6.07, 6.45) is 0. The van der Waals surface area contributed by atoms with Crippen molar-refractivity contribution in [2.45, 2.75) is 5.16 Å². The van der Waals surface area contributed by atoms with Crippen LogP contribution in [0.5, 0.6) is 0 Å². The summed E-state index contributed by atoms with van der Waals surface area (Å²) in [6, 6.07) is 18.4. The van der Waals surface area contributed by atoms with Crippen molar-refractivity contribution in [2.24, 2.45) is 0 Å². The molecule has 4 rings (SSSR count).